The average Bonchev–Trinajstić information content (AvgIpc) is 1.97. The normalized spacial score (nSPS) is 13.0. The molecule has 0 heterocycles. The smallest absolute Gasteiger partial charge is 0.200 e. The zero-order valence-electron chi connectivity index (χ0n) is 6.85. The van der Waals surface area contributed by atoms with Gasteiger partial charge in [-0.25, -0.2) is 0 Å². The monoisotopic (exact) mass is 222 g/mol. The molecule has 0 aromatic rings. The Labute approximate surface area is 76.1 Å². The van der Waals surface area contributed by atoms with E-state index in [1.54, 1.807) is 0 Å². The quantitative estimate of drug-likeness (QED) is 0.553. The number of rotatable bonds is 6. The Hall–Kier alpha value is 0.110. The molecule has 0 saturated heterocycles. The lowest BCUT2D eigenvalue weighted by atomic mass is 10.0. The molecule has 0 aliphatic carbocycles. The first-order chi connectivity index (χ1) is 5.22. The van der Waals surface area contributed by atoms with Gasteiger partial charge in [-0.2, -0.15) is 0 Å². The minimum absolute atomic E-state index is 0.0953. The number of halogens is 1. The lowest BCUT2D eigenvalue weighted by molar-refractivity contribution is -0.114. The summed E-state index contributed by atoms with van der Waals surface area (Å²) in [5.41, 5.74) is 0. The Bertz CT molecular complexity index is 115. The predicted molar refractivity (Wildman–Crippen MR) is 48.7 cm³/mol. The van der Waals surface area contributed by atoms with Gasteiger partial charge < -0.3 is 5.11 Å². The third-order valence-corrected chi connectivity index (χ3v) is 2.42. The molecule has 3 heteroatoms. The van der Waals surface area contributed by atoms with E-state index in [2.05, 4.69) is 15.9 Å². The van der Waals surface area contributed by atoms with Gasteiger partial charge in [0.2, 0.25) is 4.69 Å². The fraction of sp³-hybridized carbons (Fsp3) is 0.875. The molecule has 1 unspecified atom stereocenters. The van der Waals surface area contributed by atoms with Crippen LogP contribution in [0.3, 0.4) is 0 Å². The molecule has 0 fully saturated rings. The number of hydrogen-bond acceptors (Lipinski definition) is 2. The molecular formula is C8H15BrO2. The summed E-state index contributed by atoms with van der Waals surface area (Å²) in [4.78, 5) is 10.8. The van der Waals surface area contributed by atoms with Gasteiger partial charge in [0.15, 0.2) is 0 Å². The van der Waals surface area contributed by atoms with Crippen LogP contribution in [0.2, 0.25) is 0 Å². The Kier molecular flexibility index (Phi) is 6.87. The van der Waals surface area contributed by atoms with E-state index in [0.29, 0.717) is 0 Å². The summed E-state index contributed by atoms with van der Waals surface area (Å²) >= 11 is 2.95. The van der Waals surface area contributed by atoms with Crippen molar-refractivity contribution in [3.63, 3.8) is 0 Å². The predicted octanol–water partition coefficient (Wildman–Crippen LogP) is 2.10. The van der Waals surface area contributed by atoms with Gasteiger partial charge in [0.1, 0.15) is 0 Å². The van der Waals surface area contributed by atoms with Gasteiger partial charge in [-0.05, 0) is 35.2 Å². The fourth-order valence-electron chi connectivity index (χ4n) is 0.981. The highest BCUT2D eigenvalue weighted by Crippen LogP contribution is 2.16. The maximum atomic E-state index is 10.8. The molecule has 0 spiro atoms. The van der Waals surface area contributed by atoms with Crippen molar-refractivity contribution in [2.24, 2.45) is 5.92 Å². The van der Waals surface area contributed by atoms with Crippen LogP contribution in [0.1, 0.15) is 32.6 Å². The molecule has 0 amide bonds. The molecule has 1 N–H and O–H groups in total. The van der Waals surface area contributed by atoms with E-state index in [1.807, 2.05) is 6.92 Å². The van der Waals surface area contributed by atoms with Crippen molar-refractivity contribution in [2.75, 3.05) is 6.61 Å². The molecule has 0 aromatic carbocycles. The molecule has 11 heavy (non-hydrogen) atoms. The topological polar surface area (TPSA) is 37.3 Å². The molecule has 2 nitrogen and oxygen atoms in total. The second kappa shape index (κ2) is 6.80. The summed E-state index contributed by atoms with van der Waals surface area (Å²) in [6, 6.07) is 0. The summed E-state index contributed by atoms with van der Waals surface area (Å²) in [5.74, 6) is 0.140. The molecule has 0 bridgehead atoms. The highest BCUT2D eigenvalue weighted by Gasteiger charge is 2.11. The molecule has 1 atom stereocenters. The van der Waals surface area contributed by atoms with Crippen molar-refractivity contribution in [2.45, 2.75) is 32.6 Å². The summed E-state index contributed by atoms with van der Waals surface area (Å²) < 4.78 is 0.0953. The second-order valence-electron chi connectivity index (χ2n) is 2.63. The van der Waals surface area contributed by atoms with Crippen LogP contribution in [0.15, 0.2) is 0 Å². The Morgan fingerprint density at radius 2 is 2.18 bits per heavy atom. The Morgan fingerprint density at radius 3 is 2.55 bits per heavy atom. The van der Waals surface area contributed by atoms with Crippen molar-refractivity contribution in [3.05, 3.63) is 0 Å². The van der Waals surface area contributed by atoms with E-state index in [4.69, 9.17) is 5.11 Å². The summed E-state index contributed by atoms with van der Waals surface area (Å²) in [6.07, 6.45) is 3.51. The van der Waals surface area contributed by atoms with Gasteiger partial charge >= 0.3 is 0 Å². The highest BCUT2D eigenvalue weighted by atomic mass is 79.9. The molecular weight excluding hydrogens is 208 g/mol. The maximum absolute atomic E-state index is 10.8. The van der Waals surface area contributed by atoms with Crippen LogP contribution in [0.25, 0.3) is 0 Å². The number of aliphatic hydroxyl groups excluding tert-OH is 1. The van der Waals surface area contributed by atoms with Crippen LogP contribution in [-0.4, -0.2) is 16.4 Å². The van der Waals surface area contributed by atoms with Gasteiger partial charge in [0.25, 0.3) is 0 Å². The minimum atomic E-state index is 0.0953. The molecule has 0 saturated carbocycles. The molecule has 0 rings (SSSR count). The van der Waals surface area contributed by atoms with Crippen molar-refractivity contribution in [1.82, 2.24) is 0 Å². The molecule has 0 aromatic heterocycles. The Morgan fingerprint density at radius 1 is 1.55 bits per heavy atom. The molecule has 66 valence electrons. The van der Waals surface area contributed by atoms with Gasteiger partial charge in [-0.3, -0.25) is 4.79 Å². The van der Waals surface area contributed by atoms with Gasteiger partial charge in [0, 0.05) is 12.5 Å². The van der Waals surface area contributed by atoms with Gasteiger partial charge in [0.05, 0.1) is 0 Å². The maximum Gasteiger partial charge on any atom is 0.200 e. The van der Waals surface area contributed by atoms with E-state index in [1.165, 1.54) is 0 Å². The number of carbonyl (C=O) groups excluding carboxylic acids is 1. The summed E-state index contributed by atoms with van der Waals surface area (Å²) in [7, 11) is 0. The van der Waals surface area contributed by atoms with E-state index in [9.17, 15) is 4.79 Å². The van der Waals surface area contributed by atoms with Crippen LogP contribution in [0.4, 0.5) is 0 Å². The average molecular weight is 223 g/mol. The Balaban J connectivity index is 3.44. The number of aliphatic hydroxyl groups is 1. The van der Waals surface area contributed by atoms with Crippen LogP contribution in [-0.2, 0) is 4.79 Å². The van der Waals surface area contributed by atoms with Crippen LogP contribution >= 0.6 is 15.9 Å². The third kappa shape index (κ3) is 5.39. The van der Waals surface area contributed by atoms with Gasteiger partial charge in [-0.1, -0.05) is 13.3 Å². The zero-order valence-corrected chi connectivity index (χ0v) is 8.43. The van der Waals surface area contributed by atoms with Crippen molar-refractivity contribution >= 4 is 20.6 Å². The molecule has 0 aliphatic heterocycles. The van der Waals surface area contributed by atoms with E-state index in [0.717, 1.165) is 25.7 Å². The van der Waals surface area contributed by atoms with Gasteiger partial charge in [-0.15, -0.1) is 0 Å². The lowest BCUT2D eigenvalue weighted by Gasteiger charge is -2.07. The van der Waals surface area contributed by atoms with E-state index < -0.39 is 0 Å². The molecule has 0 aliphatic rings. The fourth-order valence-corrected chi connectivity index (χ4v) is 1.53. The van der Waals surface area contributed by atoms with E-state index in [-0.39, 0.29) is 17.2 Å². The summed E-state index contributed by atoms with van der Waals surface area (Å²) in [5, 5.41) is 8.49. The van der Waals surface area contributed by atoms with Crippen molar-refractivity contribution < 1.29 is 9.90 Å². The highest BCUT2D eigenvalue weighted by molar-refractivity contribution is 9.18. The standard InChI is InChI=1S/C8H15BrO2/c1-2-7(8(9)11)5-3-4-6-10/h7,10H,2-6H2,1H3. The first-order valence-electron chi connectivity index (χ1n) is 4.02. The van der Waals surface area contributed by atoms with Crippen LogP contribution < -0.4 is 0 Å². The number of unbranched alkanes of at least 4 members (excludes halogenated alkanes) is 1. The first kappa shape index (κ1) is 11.1. The third-order valence-electron chi connectivity index (χ3n) is 1.77. The zero-order chi connectivity index (χ0) is 8.69. The second-order valence-corrected chi connectivity index (χ2v) is 3.41. The van der Waals surface area contributed by atoms with Crippen LogP contribution in [0, 0.1) is 5.92 Å². The largest absolute Gasteiger partial charge is 0.396 e. The lowest BCUT2D eigenvalue weighted by Crippen LogP contribution is -2.06. The first-order valence-corrected chi connectivity index (χ1v) is 4.81. The number of hydrogen-bond donors (Lipinski definition) is 1. The van der Waals surface area contributed by atoms with E-state index >= 15 is 0 Å². The molecule has 0 radical (unpaired) electrons. The van der Waals surface area contributed by atoms with Crippen molar-refractivity contribution in [1.29, 1.82) is 0 Å². The minimum Gasteiger partial charge on any atom is -0.396 e. The number of carbonyl (C=O) groups is 1. The SMILES string of the molecule is CCC(CCCCO)C(=O)Br. The van der Waals surface area contributed by atoms with Crippen molar-refractivity contribution in [3.8, 4) is 0 Å². The summed E-state index contributed by atoms with van der Waals surface area (Å²) in [6.45, 7) is 2.23. The van der Waals surface area contributed by atoms with Crippen LogP contribution in [0.5, 0.6) is 0 Å².